The first-order valence-corrected chi connectivity index (χ1v) is 18.3. The Morgan fingerprint density at radius 3 is 1.09 bits per heavy atom. The van der Waals surface area contributed by atoms with Crippen molar-refractivity contribution in [3.63, 3.8) is 0 Å². The van der Waals surface area contributed by atoms with Crippen molar-refractivity contribution < 1.29 is 0 Å². The van der Waals surface area contributed by atoms with E-state index in [9.17, 15) is 0 Å². The van der Waals surface area contributed by atoms with Crippen LogP contribution in [0, 0.1) is 0 Å². The van der Waals surface area contributed by atoms with Crippen LogP contribution < -0.4 is 0 Å². The van der Waals surface area contributed by atoms with Gasteiger partial charge in [-0.15, -0.1) is 0 Å². The number of hydrogen-bond donors (Lipinski definition) is 0. The molecule has 140 valence electrons. The third kappa shape index (κ3) is 10.4. The van der Waals surface area contributed by atoms with Crippen LogP contribution in [0.4, 0.5) is 0 Å². The Hall–Kier alpha value is 0.799. The maximum atomic E-state index is 2.57. The van der Waals surface area contributed by atoms with Crippen molar-refractivity contribution in [2.45, 2.75) is 135 Å². The molecule has 0 aliphatic heterocycles. The van der Waals surface area contributed by atoms with Gasteiger partial charge in [-0.3, -0.25) is 0 Å². The second-order valence-electron chi connectivity index (χ2n) is 8.58. The molecule has 0 bridgehead atoms. The minimum absolute atomic E-state index is 1.04. The standard InChI is InChI=1S/2C8H17.2C3H7.Sn/c2*1-3-5-7-8-6-4-2;2*1-3-2;/h2*1,3-8H2,2H3;2*3H,1-2H3;. The molecule has 0 aromatic heterocycles. The monoisotopic (exact) mass is 432 g/mol. The van der Waals surface area contributed by atoms with Gasteiger partial charge in [0.15, 0.2) is 0 Å². The predicted octanol–water partition coefficient (Wildman–Crippen LogP) is 8.98. The van der Waals surface area contributed by atoms with Crippen molar-refractivity contribution in [3.8, 4) is 0 Å². The Labute approximate surface area is 153 Å². The summed E-state index contributed by atoms with van der Waals surface area (Å²) in [6.45, 7) is 14.9. The van der Waals surface area contributed by atoms with Crippen LogP contribution >= 0.6 is 0 Å². The van der Waals surface area contributed by atoms with Gasteiger partial charge in [0, 0.05) is 0 Å². The second kappa shape index (κ2) is 15.1. The predicted molar refractivity (Wildman–Crippen MR) is 112 cm³/mol. The Kier molecular flexibility index (Phi) is 15.6. The van der Waals surface area contributed by atoms with Crippen molar-refractivity contribution in [1.82, 2.24) is 0 Å². The molecule has 0 aliphatic rings. The van der Waals surface area contributed by atoms with E-state index < -0.39 is 18.4 Å². The van der Waals surface area contributed by atoms with Gasteiger partial charge in [-0.25, -0.2) is 0 Å². The van der Waals surface area contributed by atoms with E-state index >= 15 is 0 Å². The van der Waals surface area contributed by atoms with Crippen molar-refractivity contribution in [2.24, 2.45) is 0 Å². The van der Waals surface area contributed by atoms with Crippen molar-refractivity contribution in [2.75, 3.05) is 0 Å². The van der Waals surface area contributed by atoms with Crippen LogP contribution in [0.5, 0.6) is 0 Å². The van der Waals surface area contributed by atoms with Gasteiger partial charge in [0.25, 0.3) is 0 Å². The zero-order valence-corrected chi connectivity index (χ0v) is 20.4. The summed E-state index contributed by atoms with van der Waals surface area (Å²) in [6, 6.07) is 0. The summed E-state index contributed by atoms with van der Waals surface area (Å²) in [5.41, 5.74) is 0. The molecule has 0 radical (unpaired) electrons. The van der Waals surface area contributed by atoms with Gasteiger partial charge in [-0.2, -0.15) is 0 Å². The van der Waals surface area contributed by atoms with Gasteiger partial charge in [0.1, 0.15) is 0 Å². The molecule has 0 saturated heterocycles. The fourth-order valence-corrected chi connectivity index (χ4v) is 20.7. The molecule has 0 aromatic rings. The first-order chi connectivity index (χ1) is 11.0. The fourth-order valence-electron chi connectivity index (χ4n) is 4.42. The molecule has 0 rings (SSSR count). The molecule has 0 fully saturated rings. The van der Waals surface area contributed by atoms with E-state index in [1.54, 1.807) is 21.7 Å². The Balaban J connectivity index is 4.24. The van der Waals surface area contributed by atoms with E-state index in [1.165, 1.54) is 64.2 Å². The zero-order chi connectivity index (χ0) is 17.6. The molecule has 0 heterocycles. The van der Waals surface area contributed by atoms with E-state index in [4.69, 9.17) is 0 Å². The Morgan fingerprint density at radius 2 is 0.783 bits per heavy atom. The summed E-state index contributed by atoms with van der Waals surface area (Å²) < 4.78 is 5.42. The van der Waals surface area contributed by atoms with Gasteiger partial charge in [0.05, 0.1) is 0 Å². The van der Waals surface area contributed by atoms with Crippen molar-refractivity contribution in [1.29, 1.82) is 0 Å². The van der Waals surface area contributed by atoms with E-state index in [0.717, 1.165) is 7.87 Å². The summed E-state index contributed by atoms with van der Waals surface area (Å²) in [5.74, 6) is 0. The molecule has 0 spiro atoms. The SMILES string of the molecule is CCCCCCC[CH2][Sn]([CH2]CCCCCCC)([CH](C)C)[CH](C)C. The first-order valence-electron chi connectivity index (χ1n) is 11.0. The summed E-state index contributed by atoms with van der Waals surface area (Å²) in [4.78, 5) is 0. The molecule has 0 aliphatic carbocycles. The van der Waals surface area contributed by atoms with Crippen LogP contribution in [-0.4, -0.2) is 18.4 Å². The van der Waals surface area contributed by atoms with Gasteiger partial charge < -0.3 is 0 Å². The normalized spacial score (nSPS) is 12.5. The topological polar surface area (TPSA) is 0 Å². The van der Waals surface area contributed by atoms with Crippen LogP contribution in [0.2, 0.25) is 16.7 Å². The van der Waals surface area contributed by atoms with E-state index in [0.29, 0.717) is 0 Å². The summed E-state index contributed by atoms with van der Waals surface area (Å²) in [6.07, 6.45) is 17.7. The molecule has 0 nitrogen and oxygen atoms in total. The number of rotatable bonds is 16. The fraction of sp³-hybridized carbons (Fsp3) is 1.00. The quantitative estimate of drug-likeness (QED) is 0.169. The maximum absolute atomic E-state index is 2.57. The number of unbranched alkanes of at least 4 members (excludes halogenated alkanes) is 10. The minimum atomic E-state index is -1.95. The molecular weight excluding hydrogens is 383 g/mol. The van der Waals surface area contributed by atoms with Gasteiger partial charge in [0.2, 0.25) is 0 Å². The van der Waals surface area contributed by atoms with Gasteiger partial charge >= 0.3 is 154 Å². The Bertz CT molecular complexity index is 218. The van der Waals surface area contributed by atoms with E-state index in [2.05, 4.69) is 41.5 Å². The van der Waals surface area contributed by atoms with Crippen LogP contribution in [0.25, 0.3) is 0 Å². The van der Waals surface area contributed by atoms with Crippen LogP contribution in [-0.2, 0) is 0 Å². The average Bonchev–Trinajstić information content (AvgIpc) is 2.51. The summed E-state index contributed by atoms with van der Waals surface area (Å²) in [5, 5.41) is 0. The molecule has 0 saturated carbocycles. The molecule has 1 heteroatoms. The van der Waals surface area contributed by atoms with Crippen LogP contribution in [0.3, 0.4) is 0 Å². The van der Waals surface area contributed by atoms with Crippen LogP contribution in [0.15, 0.2) is 0 Å². The van der Waals surface area contributed by atoms with E-state index in [1.807, 2.05) is 0 Å². The average molecular weight is 431 g/mol. The summed E-state index contributed by atoms with van der Waals surface area (Å²) in [7, 11) is 0. The molecule has 0 amide bonds. The van der Waals surface area contributed by atoms with Crippen LogP contribution in [0.1, 0.15) is 119 Å². The molecule has 0 N–H and O–H groups in total. The Morgan fingerprint density at radius 1 is 0.478 bits per heavy atom. The van der Waals surface area contributed by atoms with E-state index in [-0.39, 0.29) is 0 Å². The molecule has 0 aromatic carbocycles. The third-order valence-corrected chi connectivity index (χ3v) is 26.8. The number of hydrogen-bond acceptors (Lipinski definition) is 0. The van der Waals surface area contributed by atoms with Crippen molar-refractivity contribution in [3.05, 3.63) is 0 Å². The molecule has 0 atom stereocenters. The molecule has 23 heavy (non-hydrogen) atoms. The third-order valence-electron chi connectivity index (χ3n) is 6.29. The molecular formula is C22H48Sn. The first kappa shape index (κ1) is 23.8. The van der Waals surface area contributed by atoms with Gasteiger partial charge in [-0.05, 0) is 0 Å². The molecule has 0 unspecified atom stereocenters. The van der Waals surface area contributed by atoms with Crippen molar-refractivity contribution >= 4 is 18.4 Å². The second-order valence-corrected chi connectivity index (χ2v) is 25.1. The summed E-state index contributed by atoms with van der Waals surface area (Å²) >= 11 is -1.95. The zero-order valence-electron chi connectivity index (χ0n) is 17.6. The van der Waals surface area contributed by atoms with Gasteiger partial charge in [-0.1, -0.05) is 0 Å².